The van der Waals surface area contributed by atoms with Gasteiger partial charge >= 0.3 is 6.18 Å². The summed E-state index contributed by atoms with van der Waals surface area (Å²) < 4.78 is 42.6. The Hall–Kier alpha value is -1.23. The average Bonchev–Trinajstić information content (AvgIpc) is 2.26. The van der Waals surface area contributed by atoms with Crippen LogP contribution in [0.2, 0.25) is 0 Å². The molecule has 1 atom stereocenters. The van der Waals surface area contributed by atoms with E-state index in [1.807, 2.05) is 0 Å². The van der Waals surface area contributed by atoms with Crippen molar-refractivity contribution in [1.29, 1.82) is 0 Å². The van der Waals surface area contributed by atoms with E-state index in [1.54, 1.807) is 7.05 Å². The van der Waals surface area contributed by atoms with E-state index < -0.39 is 11.7 Å². The minimum Gasteiger partial charge on any atom is -0.493 e. The lowest BCUT2D eigenvalue weighted by molar-refractivity contribution is -0.137. The van der Waals surface area contributed by atoms with Crippen molar-refractivity contribution in [3.8, 4) is 5.75 Å². The van der Waals surface area contributed by atoms with Crippen LogP contribution in [0.15, 0.2) is 18.2 Å². The highest BCUT2D eigenvalue weighted by molar-refractivity contribution is 5.41. The smallest absolute Gasteiger partial charge is 0.416 e. The first-order valence-electron chi connectivity index (χ1n) is 5.03. The molecule has 1 heterocycles. The minimum atomic E-state index is -4.31. The van der Waals surface area contributed by atoms with Gasteiger partial charge in [-0.1, -0.05) is 6.07 Å². The molecule has 1 aliphatic rings. The minimum absolute atomic E-state index is 0.0750. The molecular formula is C11H12F3NO. The number of hydrogen-bond acceptors (Lipinski definition) is 2. The Balaban J connectivity index is 2.39. The highest BCUT2D eigenvalue weighted by atomic mass is 19.4. The number of halogens is 3. The van der Waals surface area contributed by atoms with Gasteiger partial charge < -0.3 is 10.1 Å². The van der Waals surface area contributed by atoms with Crippen LogP contribution in [0.5, 0.6) is 5.75 Å². The molecule has 0 aliphatic carbocycles. The third-order valence-electron chi connectivity index (χ3n) is 2.73. The summed E-state index contributed by atoms with van der Waals surface area (Å²) >= 11 is 0. The van der Waals surface area contributed by atoms with E-state index in [2.05, 4.69) is 5.32 Å². The van der Waals surface area contributed by atoms with E-state index in [0.717, 1.165) is 24.1 Å². The van der Waals surface area contributed by atoms with Gasteiger partial charge in [0.25, 0.3) is 0 Å². The summed E-state index contributed by atoms with van der Waals surface area (Å²) in [5, 5.41) is 3.06. The lowest BCUT2D eigenvalue weighted by atomic mass is 9.99. The van der Waals surface area contributed by atoms with Gasteiger partial charge in [-0.2, -0.15) is 13.2 Å². The summed E-state index contributed by atoms with van der Waals surface area (Å²) in [5.74, 6) is 0.334. The number of ether oxygens (including phenoxy) is 1. The number of fused-ring (bicyclic) bond motifs is 1. The predicted octanol–water partition coefficient (Wildman–Crippen LogP) is 2.75. The van der Waals surface area contributed by atoms with E-state index in [9.17, 15) is 13.2 Å². The van der Waals surface area contributed by atoms with Crippen molar-refractivity contribution in [2.75, 3.05) is 13.7 Å². The van der Waals surface area contributed by atoms with Crippen molar-refractivity contribution >= 4 is 0 Å². The second-order valence-electron chi connectivity index (χ2n) is 3.73. The van der Waals surface area contributed by atoms with Crippen LogP contribution in [-0.4, -0.2) is 13.7 Å². The molecule has 1 N–H and O–H groups in total. The Labute approximate surface area is 91.4 Å². The highest BCUT2D eigenvalue weighted by Crippen LogP contribution is 2.37. The topological polar surface area (TPSA) is 21.3 Å². The molecule has 0 aromatic heterocycles. The van der Waals surface area contributed by atoms with Crippen LogP contribution in [-0.2, 0) is 6.18 Å². The molecule has 0 bridgehead atoms. The summed E-state index contributed by atoms with van der Waals surface area (Å²) in [6.45, 7) is 0.444. The first kappa shape index (κ1) is 11.3. The van der Waals surface area contributed by atoms with Crippen LogP contribution in [0.25, 0.3) is 0 Å². The summed E-state index contributed by atoms with van der Waals surface area (Å²) in [6, 6.07) is 3.72. The molecule has 2 rings (SSSR count). The molecule has 0 amide bonds. The van der Waals surface area contributed by atoms with Crippen molar-refractivity contribution in [2.24, 2.45) is 0 Å². The van der Waals surface area contributed by atoms with Crippen LogP contribution >= 0.6 is 0 Å². The molecular weight excluding hydrogens is 219 g/mol. The summed E-state index contributed by atoms with van der Waals surface area (Å²) in [7, 11) is 1.79. The third-order valence-corrected chi connectivity index (χ3v) is 2.73. The van der Waals surface area contributed by atoms with Gasteiger partial charge in [0.1, 0.15) is 5.75 Å². The van der Waals surface area contributed by atoms with Crippen molar-refractivity contribution < 1.29 is 17.9 Å². The summed E-state index contributed by atoms with van der Waals surface area (Å²) in [6.07, 6.45) is -3.54. The zero-order chi connectivity index (χ0) is 11.8. The second-order valence-corrected chi connectivity index (χ2v) is 3.73. The Kier molecular flexibility index (Phi) is 2.80. The molecule has 2 nitrogen and oxygen atoms in total. The quantitative estimate of drug-likeness (QED) is 0.802. The van der Waals surface area contributed by atoms with Gasteiger partial charge in [0.15, 0.2) is 0 Å². The van der Waals surface area contributed by atoms with Gasteiger partial charge in [-0.3, -0.25) is 0 Å². The van der Waals surface area contributed by atoms with Crippen molar-refractivity contribution in [3.05, 3.63) is 29.3 Å². The van der Waals surface area contributed by atoms with E-state index in [0.29, 0.717) is 12.4 Å². The lowest BCUT2D eigenvalue weighted by Crippen LogP contribution is -2.24. The maximum Gasteiger partial charge on any atom is 0.416 e. The van der Waals surface area contributed by atoms with Crippen molar-refractivity contribution in [1.82, 2.24) is 5.32 Å². The largest absolute Gasteiger partial charge is 0.493 e. The van der Waals surface area contributed by atoms with Crippen molar-refractivity contribution in [3.63, 3.8) is 0 Å². The highest BCUT2D eigenvalue weighted by Gasteiger charge is 2.32. The number of alkyl halides is 3. The Bertz CT molecular complexity index is 389. The van der Waals surface area contributed by atoms with Gasteiger partial charge in [-0.15, -0.1) is 0 Å². The zero-order valence-electron chi connectivity index (χ0n) is 8.77. The van der Waals surface area contributed by atoms with E-state index >= 15 is 0 Å². The zero-order valence-corrected chi connectivity index (χ0v) is 8.77. The molecule has 0 saturated carbocycles. The molecule has 88 valence electrons. The molecule has 16 heavy (non-hydrogen) atoms. The number of hydrogen-bond donors (Lipinski definition) is 1. The first-order valence-corrected chi connectivity index (χ1v) is 5.03. The monoisotopic (exact) mass is 231 g/mol. The molecule has 0 fully saturated rings. The number of benzene rings is 1. The molecule has 0 radical (unpaired) electrons. The van der Waals surface area contributed by atoms with Gasteiger partial charge in [-0.05, 0) is 19.2 Å². The Morgan fingerprint density at radius 3 is 2.75 bits per heavy atom. The van der Waals surface area contributed by atoms with Gasteiger partial charge in [0.2, 0.25) is 0 Å². The third kappa shape index (κ3) is 2.00. The normalized spacial score (nSPS) is 20.1. The Morgan fingerprint density at radius 2 is 2.12 bits per heavy atom. The van der Waals surface area contributed by atoms with Crippen LogP contribution in [0.3, 0.4) is 0 Å². The van der Waals surface area contributed by atoms with Gasteiger partial charge in [-0.25, -0.2) is 0 Å². The summed E-state index contributed by atoms with van der Waals surface area (Å²) in [5.41, 5.74) is 0.129. The van der Waals surface area contributed by atoms with Crippen LogP contribution in [0, 0.1) is 0 Å². The van der Waals surface area contributed by atoms with Crippen LogP contribution in [0.4, 0.5) is 13.2 Å². The second kappa shape index (κ2) is 3.97. The van der Waals surface area contributed by atoms with E-state index in [4.69, 9.17) is 4.74 Å². The predicted molar refractivity (Wildman–Crippen MR) is 53.4 cm³/mol. The van der Waals surface area contributed by atoms with Gasteiger partial charge in [0, 0.05) is 18.0 Å². The maximum absolute atomic E-state index is 12.5. The van der Waals surface area contributed by atoms with E-state index in [-0.39, 0.29) is 6.04 Å². The van der Waals surface area contributed by atoms with E-state index in [1.165, 1.54) is 6.07 Å². The number of rotatable bonds is 1. The fourth-order valence-corrected chi connectivity index (χ4v) is 1.87. The fraction of sp³-hybridized carbons (Fsp3) is 0.455. The molecule has 0 unspecified atom stereocenters. The maximum atomic E-state index is 12.5. The molecule has 0 spiro atoms. The SMILES string of the molecule is CN[C@H]1CCOc2cc(C(F)(F)F)ccc21. The van der Waals surface area contributed by atoms with Gasteiger partial charge in [0.05, 0.1) is 12.2 Å². The lowest BCUT2D eigenvalue weighted by Gasteiger charge is -2.26. The summed E-state index contributed by atoms with van der Waals surface area (Å²) in [4.78, 5) is 0. The van der Waals surface area contributed by atoms with Crippen molar-refractivity contribution in [2.45, 2.75) is 18.6 Å². The molecule has 0 saturated heterocycles. The average molecular weight is 231 g/mol. The standard InChI is InChI=1S/C11H12F3NO/c1-15-9-4-5-16-10-6-7(11(12,13)14)2-3-8(9)10/h2-3,6,9,15H,4-5H2,1H3/t9-/m0/s1. The number of nitrogens with one attached hydrogen (secondary N) is 1. The first-order chi connectivity index (χ1) is 7.52. The van der Waals surface area contributed by atoms with Crippen LogP contribution in [0.1, 0.15) is 23.6 Å². The fourth-order valence-electron chi connectivity index (χ4n) is 1.87. The molecule has 1 aromatic carbocycles. The molecule has 1 aromatic rings. The van der Waals surface area contributed by atoms with Crippen LogP contribution < -0.4 is 10.1 Å². The molecule has 1 aliphatic heterocycles. The molecule has 5 heteroatoms. The Morgan fingerprint density at radius 1 is 1.38 bits per heavy atom.